The maximum atomic E-state index is 6.06. The number of nitrogens with zero attached hydrogens (tertiary/aromatic N) is 5. The molecule has 6 nitrogen and oxygen atoms in total. The number of hydrogen-bond donors (Lipinski definition) is 0. The molecule has 0 fully saturated rings. The molecule has 4 rings (SSSR count). The van der Waals surface area contributed by atoms with Gasteiger partial charge < -0.3 is 4.52 Å². The van der Waals surface area contributed by atoms with Crippen molar-refractivity contribution in [3.05, 3.63) is 70.8 Å². The lowest BCUT2D eigenvalue weighted by molar-refractivity contribution is 0.387. The van der Waals surface area contributed by atoms with Crippen LogP contribution in [0.15, 0.2) is 58.2 Å². The van der Waals surface area contributed by atoms with Gasteiger partial charge in [0.25, 0.3) is 0 Å². The van der Waals surface area contributed by atoms with Crippen molar-refractivity contribution in [3.8, 4) is 17.1 Å². The van der Waals surface area contributed by atoms with Crippen molar-refractivity contribution in [1.29, 1.82) is 0 Å². The van der Waals surface area contributed by atoms with E-state index in [1.807, 2.05) is 41.0 Å². The molecule has 2 heterocycles. The second kappa shape index (κ2) is 7.54. The van der Waals surface area contributed by atoms with E-state index in [1.165, 1.54) is 11.8 Å². The molecule has 0 bridgehead atoms. The van der Waals surface area contributed by atoms with E-state index in [4.69, 9.17) is 16.1 Å². The van der Waals surface area contributed by atoms with Crippen molar-refractivity contribution in [2.24, 2.45) is 0 Å². The molecule has 0 atom stereocenters. The van der Waals surface area contributed by atoms with E-state index in [0.29, 0.717) is 22.5 Å². The number of thioether (sulfide) groups is 1. The molecule has 8 heteroatoms. The molecule has 0 saturated heterocycles. The largest absolute Gasteiger partial charge is 0.338 e. The van der Waals surface area contributed by atoms with Crippen molar-refractivity contribution in [2.75, 3.05) is 0 Å². The molecule has 27 heavy (non-hydrogen) atoms. The summed E-state index contributed by atoms with van der Waals surface area (Å²) in [5, 5.41) is 14.1. The maximum absolute atomic E-state index is 6.06. The molecule has 2 aromatic carbocycles. The van der Waals surface area contributed by atoms with Crippen LogP contribution in [-0.4, -0.2) is 24.9 Å². The Labute approximate surface area is 165 Å². The van der Waals surface area contributed by atoms with Crippen LogP contribution in [0.2, 0.25) is 5.02 Å². The predicted molar refractivity (Wildman–Crippen MR) is 105 cm³/mol. The van der Waals surface area contributed by atoms with Gasteiger partial charge in [0.1, 0.15) is 0 Å². The molecule has 0 saturated carbocycles. The smallest absolute Gasteiger partial charge is 0.237 e. The van der Waals surface area contributed by atoms with E-state index in [1.54, 1.807) is 6.92 Å². The van der Waals surface area contributed by atoms with E-state index < -0.39 is 0 Å². The summed E-state index contributed by atoms with van der Waals surface area (Å²) in [7, 11) is 0. The summed E-state index contributed by atoms with van der Waals surface area (Å²) in [4.78, 5) is 4.24. The fourth-order valence-electron chi connectivity index (χ4n) is 2.68. The zero-order chi connectivity index (χ0) is 18.8. The minimum atomic E-state index is 0.514. The standard InChI is InChI=1S/C19H16ClN5OS/c1-12-4-3-5-14(10-12)18-22-23-19(27-11-17-21-13(2)24-26-17)25(18)16-8-6-15(20)7-9-16/h3-10H,11H2,1-2H3. The van der Waals surface area contributed by atoms with E-state index in [2.05, 4.69) is 39.4 Å². The Morgan fingerprint density at radius 3 is 2.59 bits per heavy atom. The Morgan fingerprint density at radius 2 is 1.89 bits per heavy atom. The quantitative estimate of drug-likeness (QED) is 0.447. The average Bonchev–Trinajstić information content (AvgIpc) is 3.27. The van der Waals surface area contributed by atoms with Crippen LogP contribution in [0.5, 0.6) is 0 Å². The Balaban J connectivity index is 1.75. The highest BCUT2D eigenvalue weighted by molar-refractivity contribution is 7.98. The van der Waals surface area contributed by atoms with Gasteiger partial charge in [-0.3, -0.25) is 4.57 Å². The molecular weight excluding hydrogens is 382 g/mol. The van der Waals surface area contributed by atoms with Gasteiger partial charge in [-0.15, -0.1) is 10.2 Å². The van der Waals surface area contributed by atoms with Crippen molar-refractivity contribution in [3.63, 3.8) is 0 Å². The highest BCUT2D eigenvalue weighted by atomic mass is 35.5. The number of rotatable bonds is 5. The van der Waals surface area contributed by atoms with E-state index in [0.717, 1.165) is 27.8 Å². The maximum Gasteiger partial charge on any atom is 0.237 e. The lowest BCUT2D eigenvalue weighted by Crippen LogP contribution is -2.00. The third-order valence-electron chi connectivity index (χ3n) is 3.89. The molecule has 0 aliphatic heterocycles. The molecule has 0 amide bonds. The number of benzene rings is 2. The molecule has 0 spiro atoms. The van der Waals surface area contributed by atoms with E-state index >= 15 is 0 Å². The minimum absolute atomic E-state index is 0.514. The average molecular weight is 398 g/mol. The third-order valence-corrected chi connectivity index (χ3v) is 5.05. The van der Waals surface area contributed by atoms with Crippen LogP contribution in [0.1, 0.15) is 17.3 Å². The van der Waals surface area contributed by atoms with Gasteiger partial charge >= 0.3 is 0 Å². The SMILES string of the molecule is Cc1cccc(-c2nnc(SCc3nc(C)no3)n2-c2ccc(Cl)cc2)c1. The first-order valence-corrected chi connectivity index (χ1v) is 9.67. The first-order chi connectivity index (χ1) is 13.1. The summed E-state index contributed by atoms with van der Waals surface area (Å²) in [5.74, 6) is 2.45. The van der Waals surface area contributed by atoms with Gasteiger partial charge in [-0.1, -0.05) is 52.3 Å². The summed E-state index contributed by atoms with van der Waals surface area (Å²) in [6.07, 6.45) is 0. The molecule has 0 unspecified atom stereocenters. The number of aryl methyl sites for hydroxylation is 2. The van der Waals surface area contributed by atoms with Crippen molar-refractivity contribution < 1.29 is 4.52 Å². The summed E-state index contributed by atoms with van der Waals surface area (Å²) in [6, 6.07) is 15.8. The molecule has 0 N–H and O–H groups in total. The zero-order valence-corrected chi connectivity index (χ0v) is 16.3. The highest BCUT2D eigenvalue weighted by Gasteiger charge is 2.17. The van der Waals surface area contributed by atoms with Crippen LogP contribution in [0.4, 0.5) is 0 Å². The normalized spacial score (nSPS) is 11.1. The molecule has 0 aliphatic rings. The van der Waals surface area contributed by atoms with Crippen LogP contribution < -0.4 is 0 Å². The fourth-order valence-corrected chi connectivity index (χ4v) is 3.60. The monoisotopic (exact) mass is 397 g/mol. The second-order valence-corrected chi connectivity index (χ2v) is 7.39. The van der Waals surface area contributed by atoms with Crippen LogP contribution in [0.3, 0.4) is 0 Å². The first kappa shape index (κ1) is 17.8. The molecule has 136 valence electrons. The van der Waals surface area contributed by atoms with Gasteiger partial charge in [0, 0.05) is 16.3 Å². The van der Waals surface area contributed by atoms with Crippen molar-refractivity contribution in [1.82, 2.24) is 24.9 Å². The van der Waals surface area contributed by atoms with Crippen molar-refractivity contribution in [2.45, 2.75) is 24.8 Å². The van der Waals surface area contributed by atoms with Gasteiger partial charge in [-0.2, -0.15) is 4.98 Å². The number of halogens is 1. The predicted octanol–water partition coefficient (Wildman–Crippen LogP) is 4.88. The van der Waals surface area contributed by atoms with Gasteiger partial charge in [0.15, 0.2) is 16.8 Å². The topological polar surface area (TPSA) is 69.6 Å². The Bertz CT molecular complexity index is 1070. The van der Waals surface area contributed by atoms with Gasteiger partial charge in [0.05, 0.1) is 5.75 Å². The first-order valence-electron chi connectivity index (χ1n) is 8.30. The van der Waals surface area contributed by atoms with Crippen LogP contribution >= 0.6 is 23.4 Å². The zero-order valence-electron chi connectivity index (χ0n) is 14.8. The molecule has 0 aliphatic carbocycles. The highest BCUT2D eigenvalue weighted by Crippen LogP contribution is 2.30. The van der Waals surface area contributed by atoms with Crippen LogP contribution in [0, 0.1) is 13.8 Å². The Morgan fingerprint density at radius 1 is 1.07 bits per heavy atom. The Kier molecular flexibility index (Phi) is 4.96. The van der Waals surface area contributed by atoms with Crippen molar-refractivity contribution >= 4 is 23.4 Å². The lowest BCUT2D eigenvalue weighted by Gasteiger charge is -2.10. The fraction of sp³-hybridized carbons (Fsp3) is 0.158. The van der Waals surface area contributed by atoms with Crippen LogP contribution in [0.25, 0.3) is 17.1 Å². The minimum Gasteiger partial charge on any atom is -0.338 e. The van der Waals surface area contributed by atoms with Gasteiger partial charge in [-0.05, 0) is 44.2 Å². The summed E-state index contributed by atoms with van der Waals surface area (Å²) in [6.45, 7) is 3.85. The molecule has 4 aromatic rings. The van der Waals surface area contributed by atoms with Gasteiger partial charge in [-0.25, -0.2) is 0 Å². The van der Waals surface area contributed by atoms with E-state index in [-0.39, 0.29) is 0 Å². The lowest BCUT2D eigenvalue weighted by atomic mass is 10.1. The summed E-state index contributed by atoms with van der Waals surface area (Å²) < 4.78 is 7.21. The van der Waals surface area contributed by atoms with Crippen LogP contribution in [-0.2, 0) is 5.75 Å². The summed E-state index contributed by atoms with van der Waals surface area (Å²) >= 11 is 7.55. The second-order valence-electron chi connectivity index (χ2n) is 6.01. The van der Waals surface area contributed by atoms with Gasteiger partial charge in [0.2, 0.25) is 5.89 Å². The number of aromatic nitrogens is 5. The number of hydrogen-bond acceptors (Lipinski definition) is 6. The molecular formula is C19H16ClN5OS. The Hall–Kier alpha value is -2.64. The third kappa shape index (κ3) is 3.89. The van der Waals surface area contributed by atoms with E-state index in [9.17, 15) is 0 Å². The summed E-state index contributed by atoms with van der Waals surface area (Å²) in [5.41, 5.74) is 3.09. The molecule has 0 radical (unpaired) electrons. The molecule has 2 aromatic heterocycles.